The molecule has 0 aromatic heterocycles. The highest BCUT2D eigenvalue weighted by atomic mass is 35.5. The van der Waals surface area contributed by atoms with Gasteiger partial charge in [0.2, 0.25) is 5.24 Å². The summed E-state index contributed by atoms with van der Waals surface area (Å²) in [5.41, 5.74) is -0.157. The first-order chi connectivity index (χ1) is 12.1. The Labute approximate surface area is 160 Å². The molecule has 0 saturated heterocycles. The monoisotopic (exact) mass is 366 g/mol. The second-order valence-corrected chi connectivity index (χ2v) is 10.0. The topological polar surface area (TPSA) is 17.1 Å². The van der Waals surface area contributed by atoms with Crippen LogP contribution in [0.5, 0.6) is 0 Å². The largest absolute Gasteiger partial charge is 0.281 e. The molecule has 0 radical (unpaired) electrons. The number of carbonyl (C=O) groups is 1. The molecule has 0 aromatic rings. The number of rotatable bonds is 6. The van der Waals surface area contributed by atoms with E-state index in [1.54, 1.807) is 0 Å². The molecule has 0 bridgehead atoms. The summed E-state index contributed by atoms with van der Waals surface area (Å²) in [6.07, 6.45) is 18.4. The van der Waals surface area contributed by atoms with Crippen LogP contribution in [0, 0.1) is 35.0 Å². The fourth-order valence-corrected chi connectivity index (χ4v) is 7.18. The molecule has 2 heteroatoms. The number of hydrogen-bond acceptors (Lipinski definition) is 1. The van der Waals surface area contributed by atoms with Crippen molar-refractivity contribution >= 4 is 16.8 Å². The van der Waals surface area contributed by atoms with E-state index >= 15 is 0 Å². The summed E-state index contributed by atoms with van der Waals surface area (Å²) >= 11 is 6.23. The first-order valence-electron chi connectivity index (χ1n) is 11.3. The minimum absolute atomic E-state index is 0.00315. The Morgan fingerprint density at radius 3 is 2.16 bits per heavy atom. The predicted molar refractivity (Wildman–Crippen MR) is 107 cm³/mol. The Kier molecular flexibility index (Phi) is 6.91. The molecule has 3 aliphatic carbocycles. The van der Waals surface area contributed by atoms with Gasteiger partial charge in [-0.3, -0.25) is 4.79 Å². The second-order valence-electron chi connectivity index (χ2n) is 9.67. The third kappa shape index (κ3) is 4.28. The van der Waals surface area contributed by atoms with E-state index in [1.807, 2.05) is 0 Å². The van der Waals surface area contributed by atoms with Gasteiger partial charge in [-0.25, -0.2) is 0 Å². The molecule has 144 valence electrons. The van der Waals surface area contributed by atoms with Gasteiger partial charge in [0.05, 0.1) is 0 Å². The van der Waals surface area contributed by atoms with Gasteiger partial charge in [0.1, 0.15) is 0 Å². The summed E-state index contributed by atoms with van der Waals surface area (Å²) in [4.78, 5) is 12.5. The van der Waals surface area contributed by atoms with Crippen molar-refractivity contribution in [3.05, 3.63) is 0 Å². The Balaban J connectivity index is 1.60. The molecule has 3 saturated carbocycles. The molecule has 4 atom stereocenters. The van der Waals surface area contributed by atoms with E-state index in [1.165, 1.54) is 77.0 Å². The van der Waals surface area contributed by atoms with Crippen molar-refractivity contribution in [3.8, 4) is 0 Å². The molecule has 0 N–H and O–H groups in total. The van der Waals surface area contributed by atoms with Crippen LogP contribution >= 0.6 is 11.6 Å². The zero-order valence-corrected chi connectivity index (χ0v) is 17.3. The van der Waals surface area contributed by atoms with E-state index in [4.69, 9.17) is 11.6 Å². The summed E-state index contributed by atoms with van der Waals surface area (Å²) in [5.74, 6) is 4.13. The lowest BCUT2D eigenvalue weighted by Crippen LogP contribution is -2.46. The van der Waals surface area contributed by atoms with Gasteiger partial charge in [-0.1, -0.05) is 58.8 Å². The number of carbonyl (C=O) groups excluding carboxylic acids is 1. The molecule has 3 rings (SSSR count). The second kappa shape index (κ2) is 8.77. The highest BCUT2D eigenvalue weighted by molar-refractivity contribution is 6.64. The van der Waals surface area contributed by atoms with Crippen molar-refractivity contribution < 1.29 is 4.79 Å². The highest BCUT2D eigenvalue weighted by Crippen LogP contribution is 2.57. The van der Waals surface area contributed by atoms with Gasteiger partial charge in [-0.05, 0) is 86.1 Å². The SMILES string of the molecule is CCCC1CCC(C2CC[C@]3(C(=O)Cl)C[C@H](CCC)CC[C@@H]3C2)CC1. The Morgan fingerprint density at radius 1 is 0.880 bits per heavy atom. The molecule has 0 heterocycles. The molecule has 3 fully saturated rings. The smallest absolute Gasteiger partial charge is 0.228 e. The molecule has 1 unspecified atom stereocenters. The normalized spacial score (nSPS) is 42.0. The predicted octanol–water partition coefficient (Wildman–Crippen LogP) is 7.36. The number of halogens is 1. The van der Waals surface area contributed by atoms with E-state index in [9.17, 15) is 4.79 Å². The standard InChI is InChI=1S/C23H39ClO/c1-3-5-17-7-10-19(11-8-17)20-13-14-23(22(24)25)16-18(6-4-2)9-12-21(23)15-20/h17-21H,3-16H2,1-2H3/t17?,18-,19?,20?,21-,23+/m1/s1. The molecule has 0 spiro atoms. The van der Waals surface area contributed by atoms with Crippen LogP contribution in [0.2, 0.25) is 0 Å². The third-order valence-electron chi connectivity index (χ3n) is 8.25. The Bertz CT molecular complexity index is 439. The van der Waals surface area contributed by atoms with Crippen LogP contribution in [-0.4, -0.2) is 5.24 Å². The zero-order chi connectivity index (χ0) is 17.9. The maximum Gasteiger partial charge on any atom is 0.228 e. The lowest BCUT2D eigenvalue weighted by atomic mass is 9.53. The van der Waals surface area contributed by atoms with Gasteiger partial charge in [0, 0.05) is 5.41 Å². The number of hydrogen-bond donors (Lipinski definition) is 0. The average Bonchev–Trinajstić information content (AvgIpc) is 2.62. The van der Waals surface area contributed by atoms with Gasteiger partial charge in [0.25, 0.3) is 0 Å². The Morgan fingerprint density at radius 2 is 1.52 bits per heavy atom. The molecule has 0 amide bonds. The maximum absolute atomic E-state index is 12.5. The van der Waals surface area contributed by atoms with Crippen LogP contribution in [-0.2, 0) is 4.79 Å². The van der Waals surface area contributed by atoms with Crippen molar-refractivity contribution in [2.75, 3.05) is 0 Å². The van der Waals surface area contributed by atoms with Crippen LogP contribution < -0.4 is 0 Å². The van der Waals surface area contributed by atoms with Crippen molar-refractivity contribution in [3.63, 3.8) is 0 Å². The first kappa shape index (κ1) is 19.7. The molecule has 0 aromatic carbocycles. The summed E-state index contributed by atoms with van der Waals surface area (Å²) in [6.45, 7) is 4.60. The minimum Gasteiger partial charge on any atom is -0.281 e. The van der Waals surface area contributed by atoms with Crippen LogP contribution in [0.1, 0.15) is 104 Å². The van der Waals surface area contributed by atoms with E-state index in [-0.39, 0.29) is 10.7 Å². The van der Waals surface area contributed by atoms with Crippen molar-refractivity contribution in [1.82, 2.24) is 0 Å². The van der Waals surface area contributed by atoms with E-state index in [2.05, 4.69) is 13.8 Å². The first-order valence-corrected chi connectivity index (χ1v) is 11.7. The van der Waals surface area contributed by atoms with Crippen LogP contribution in [0.4, 0.5) is 0 Å². The van der Waals surface area contributed by atoms with Crippen LogP contribution in [0.3, 0.4) is 0 Å². The van der Waals surface area contributed by atoms with Gasteiger partial charge in [-0.15, -0.1) is 0 Å². The Hall–Kier alpha value is -0.0400. The quantitative estimate of drug-likeness (QED) is 0.448. The summed E-state index contributed by atoms with van der Waals surface area (Å²) in [6, 6.07) is 0. The van der Waals surface area contributed by atoms with Crippen LogP contribution in [0.25, 0.3) is 0 Å². The van der Waals surface area contributed by atoms with Gasteiger partial charge < -0.3 is 0 Å². The molecule has 3 aliphatic rings. The van der Waals surface area contributed by atoms with Gasteiger partial charge in [0.15, 0.2) is 0 Å². The summed E-state index contributed by atoms with van der Waals surface area (Å²) in [7, 11) is 0. The fraction of sp³-hybridized carbons (Fsp3) is 0.957. The van der Waals surface area contributed by atoms with E-state index in [0.717, 1.165) is 36.5 Å². The van der Waals surface area contributed by atoms with Crippen molar-refractivity contribution in [1.29, 1.82) is 0 Å². The molecule has 25 heavy (non-hydrogen) atoms. The van der Waals surface area contributed by atoms with E-state index in [0.29, 0.717) is 5.92 Å². The molecular weight excluding hydrogens is 328 g/mol. The summed E-state index contributed by atoms with van der Waals surface area (Å²) in [5, 5.41) is 0.00315. The van der Waals surface area contributed by atoms with Gasteiger partial charge in [-0.2, -0.15) is 0 Å². The maximum atomic E-state index is 12.5. The lowest BCUT2D eigenvalue weighted by Gasteiger charge is -2.51. The third-order valence-corrected chi connectivity index (χ3v) is 8.63. The molecular formula is C23H39ClO. The van der Waals surface area contributed by atoms with E-state index < -0.39 is 0 Å². The van der Waals surface area contributed by atoms with Crippen molar-refractivity contribution in [2.45, 2.75) is 104 Å². The van der Waals surface area contributed by atoms with Crippen molar-refractivity contribution in [2.24, 2.45) is 35.0 Å². The number of fused-ring (bicyclic) bond motifs is 1. The minimum atomic E-state index is -0.157. The zero-order valence-electron chi connectivity index (χ0n) is 16.6. The summed E-state index contributed by atoms with van der Waals surface area (Å²) < 4.78 is 0. The van der Waals surface area contributed by atoms with Crippen LogP contribution in [0.15, 0.2) is 0 Å². The van der Waals surface area contributed by atoms with Gasteiger partial charge >= 0.3 is 0 Å². The average molecular weight is 367 g/mol. The molecule has 0 aliphatic heterocycles. The fourth-order valence-electron chi connectivity index (χ4n) is 6.85. The molecule has 1 nitrogen and oxygen atoms in total. The highest BCUT2D eigenvalue weighted by Gasteiger charge is 2.52. The lowest BCUT2D eigenvalue weighted by molar-refractivity contribution is -0.132.